The molecule has 3 aliphatic heterocycles. The summed E-state index contributed by atoms with van der Waals surface area (Å²) in [7, 11) is -4.81. The minimum atomic E-state index is -4.81. The Labute approximate surface area is 163 Å². The maximum atomic E-state index is 12.7. The standard InChI is InChI=1S/C16H26N4O7S/c21-15(18-26-14-7-8-17-12-4-2-1-3-11(12)14)13-6-5-10-9-19(13)16(22)20(10)27-28(23,24)25/h10-14,17H,1-9H2,(H,18,21)(H,23,24,25)/t10-,11?,12?,13+,14?/m1/s1. The topological polar surface area (TPSA) is 138 Å². The number of piperidine rings is 2. The number of rotatable bonds is 5. The number of amides is 3. The first-order valence-electron chi connectivity index (χ1n) is 9.79. The molecular formula is C16H26N4O7S. The summed E-state index contributed by atoms with van der Waals surface area (Å²) in [5, 5.41) is 4.15. The van der Waals surface area contributed by atoms with Crippen molar-refractivity contribution in [2.75, 3.05) is 13.1 Å². The first-order valence-corrected chi connectivity index (χ1v) is 11.2. The third-order valence-corrected chi connectivity index (χ3v) is 6.59. The molecule has 3 unspecified atom stereocenters. The van der Waals surface area contributed by atoms with Crippen LogP contribution in [-0.2, 0) is 24.3 Å². The number of nitrogens with zero attached hydrogens (tertiary/aromatic N) is 2. The summed E-state index contributed by atoms with van der Waals surface area (Å²) in [6.45, 7) is 1.00. The first-order chi connectivity index (χ1) is 13.3. The third-order valence-electron chi connectivity index (χ3n) is 6.24. The van der Waals surface area contributed by atoms with Crippen LogP contribution in [0.2, 0.25) is 0 Å². The van der Waals surface area contributed by atoms with Crippen molar-refractivity contribution in [1.29, 1.82) is 0 Å². The van der Waals surface area contributed by atoms with Crippen LogP contribution in [0.15, 0.2) is 0 Å². The normalized spacial score (nSPS) is 35.6. The number of hydroxylamine groups is 3. The summed E-state index contributed by atoms with van der Waals surface area (Å²) < 4.78 is 35.1. The molecule has 4 fully saturated rings. The van der Waals surface area contributed by atoms with E-state index in [1.165, 1.54) is 11.3 Å². The van der Waals surface area contributed by atoms with Gasteiger partial charge in [-0.25, -0.2) is 10.3 Å². The summed E-state index contributed by atoms with van der Waals surface area (Å²) in [4.78, 5) is 32.1. The molecule has 0 aromatic rings. The zero-order valence-corrected chi connectivity index (χ0v) is 16.3. The van der Waals surface area contributed by atoms with Gasteiger partial charge in [0.2, 0.25) is 0 Å². The van der Waals surface area contributed by atoms with E-state index in [-0.39, 0.29) is 12.6 Å². The smallest absolute Gasteiger partial charge is 0.314 e. The van der Waals surface area contributed by atoms with Crippen molar-refractivity contribution < 1.29 is 31.7 Å². The lowest BCUT2D eigenvalue weighted by molar-refractivity contribution is -0.150. The van der Waals surface area contributed by atoms with E-state index in [0.717, 1.165) is 32.2 Å². The van der Waals surface area contributed by atoms with Gasteiger partial charge in [-0.1, -0.05) is 12.8 Å². The molecule has 3 N–H and O–H groups in total. The molecule has 4 rings (SSSR count). The Bertz CT molecular complexity index is 731. The predicted octanol–water partition coefficient (Wildman–Crippen LogP) is -0.0421. The highest BCUT2D eigenvalue weighted by Crippen LogP contribution is 2.33. The molecule has 0 aromatic heterocycles. The molecule has 3 heterocycles. The monoisotopic (exact) mass is 418 g/mol. The Morgan fingerprint density at radius 3 is 2.75 bits per heavy atom. The van der Waals surface area contributed by atoms with Crippen LogP contribution in [-0.4, -0.2) is 72.2 Å². The number of nitrogens with one attached hydrogen (secondary N) is 2. The van der Waals surface area contributed by atoms with Gasteiger partial charge in [0.25, 0.3) is 5.91 Å². The van der Waals surface area contributed by atoms with Crippen LogP contribution in [0.4, 0.5) is 4.79 Å². The molecule has 2 bridgehead atoms. The summed E-state index contributed by atoms with van der Waals surface area (Å²) in [5.74, 6) is -0.0583. The fourth-order valence-corrected chi connectivity index (χ4v) is 5.32. The number of hydrogen-bond acceptors (Lipinski definition) is 7. The van der Waals surface area contributed by atoms with Gasteiger partial charge in [0.15, 0.2) is 0 Å². The molecule has 1 saturated carbocycles. The zero-order chi connectivity index (χ0) is 19.9. The van der Waals surface area contributed by atoms with Gasteiger partial charge in [0, 0.05) is 18.5 Å². The molecule has 0 spiro atoms. The predicted molar refractivity (Wildman–Crippen MR) is 94.8 cm³/mol. The van der Waals surface area contributed by atoms with Crippen LogP contribution in [0.25, 0.3) is 0 Å². The van der Waals surface area contributed by atoms with Gasteiger partial charge >= 0.3 is 16.4 Å². The van der Waals surface area contributed by atoms with E-state index >= 15 is 0 Å². The van der Waals surface area contributed by atoms with E-state index in [9.17, 15) is 18.0 Å². The van der Waals surface area contributed by atoms with E-state index in [1.807, 2.05) is 0 Å². The van der Waals surface area contributed by atoms with Gasteiger partial charge in [-0.15, -0.1) is 4.28 Å². The van der Waals surface area contributed by atoms with Crippen LogP contribution in [0, 0.1) is 5.92 Å². The minimum Gasteiger partial charge on any atom is -0.314 e. The average molecular weight is 418 g/mol. The molecule has 3 amide bonds. The second kappa shape index (κ2) is 7.75. The van der Waals surface area contributed by atoms with E-state index in [2.05, 4.69) is 15.1 Å². The van der Waals surface area contributed by atoms with E-state index in [0.29, 0.717) is 29.9 Å². The Hall–Kier alpha value is -1.47. The molecule has 158 valence electrons. The van der Waals surface area contributed by atoms with Crippen LogP contribution in [0.5, 0.6) is 0 Å². The van der Waals surface area contributed by atoms with Crippen LogP contribution in [0.3, 0.4) is 0 Å². The van der Waals surface area contributed by atoms with Crippen LogP contribution >= 0.6 is 0 Å². The van der Waals surface area contributed by atoms with Gasteiger partial charge in [0.05, 0.1) is 12.1 Å². The van der Waals surface area contributed by atoms with Crippen molar-refractivity contribution in [2.45, 2.75) is 69.2 Å². The Kier molecular flexibility index (Phi) is 5.49. The maximum Gasteiger partial charge on any atom is 0.418 e. The zero-order valence-electron chi connectivity index (χ0n) is 15.5. The average Bonchev–Trinajstić information content (AvgIpc) is 2.89. The second-order valence-corrected chi connectivity index (χ2v) is 8.93. The van der Waals surface area contributed by atoms with E-state index in [4.69, 9.17) is 9.39 Å². The van der Waals surface area contributed by atoms with Crippen molar-refractivity contribution in [2.24, 2.45) is 5.92 Å². The summed E-state index contributed by atoms with van der Waals surface area (Å²) in [5.41, 5.74) is 2.53. The number of hydrogen-bond donors (Lipinski definition) is 3. The molecule has 12 heteroatoms. The van der Waals surface area contributed by atoms with Gasteiger partial charge in [-0.3, -0.25) is 14.2 Å². The highest BCUT2D eigenvalue weighted by molar-refractivity contribution is 7.80. The Balaban J connectivity index is 1.35. The molecule has 0 radical (unpaired) electrons. The number of urea groups is 1. The molecule has 11 nitrogen and oxygen atoms in total. The molecule has 4 aliphatic rings. The van der Waals surface area contributed by atoms with Gasteiger partial charge < -0.3 is 10.2 Å². The molecular weight excluding hydrogens is 392 g/mol. The number of carbonyl (C=O) groups is 2. The maximum absolute atomic E-state index is 12.7. The molecule has 5 atom stereocenters. The molecule has 1 aliphatic carbocycles. The van der Waals surface area contributed by atoms with E-state index < -0.39 is 34.4 Å². The largest absolute Gasteiger partial charge is 0.418 e. The minimum absolute atomic E-state index is 0.0551. The lowest BCUT2D eigenvalue weighted by atomic mass is 9.78. The fourth-order valence-electron chi connectivity index (χ4n) is 4.94. The van der Waals surface area contributed by atoms with Crippen LogP contribution < -0.4 is 10.8 Å². The van der Waals surface area contributed by atoms with E-state index in [1.54, 1.807) is 0 Å². The first kappa shape index (κ1) is 19.8. The highest BCUT2D eigenvalue weighted by Gasteiger charge is 2.49. The quantitative estimate of drug-likeness (QED) is 0.418. The van der Waals surface area contributed by atoms with Crippen LogP contribution in [0.1, 0.15) is 44.9 Å². The Morgan fingerprint density at radius 2 is 1.96 bits per heavy atom. The van der Waals surface area contributed by atoms with Crippen molar-refractivity contribution >= 4 is 22.3 Å². The number of carbonyl (C=O) groups excluding carboxylic acids is 2. The third kappa shape index (κ3) is 3.96. The lowest BCUT2D eigenvalue weighted by Crippen LogP contribution is -2.54. The van der Waals surface area contributed by atoms with Gasteiger partial charge in [-0.2, -0.15) is 13.5 Å². The van der Waals surface area contributed by atoms with Crippen molar-refractivity contribution in [3.05, 3.63) is 0 Å². The van der Waals surface area contributed by atoms with Gasteiger partial charge in [0.1, 0.15) is 6.04 Å². The fraction of sp³-hybridized carbons (Fsp3) is 0.875. The Morgan fingerprint density at radius 1 is 1.18 bits per heavy atom. The molecule has 28 heavy (non-hydrogen) atoms. The SMILES string of the molecule is O=C(NOC1CCNC2CCCCC21)[C@@H]1CC[C@@H]2CN1C(=O)N2OS(=O)(=O)O. The van der Waals surface area contributed by atoms with Crippen molar-refractivity contribution in [1.82, 2.24) is 20.8 Å². The van der Waals surface area contributed by atoms with Gasteiger partial charge in [-0.05, 0) is 38.6 Å². The molecule has 0 aromatic carbocycles. The molecule has 3 saturated heterocycles. The van der Waals surface area contributed by atoms with Crippen molar-refractivity contribution in [3.63, 3.8) is 0 Å². The van der Waals surface area contributed by atoms with Crippen molar-refractivity contribution in [3.8, 4) is 0 Å². The number of fused-ring (bicyclic) bond motifs is 3. The summed E-state index contributed by atoms with van der Waals surface area (Å²) in [6, 6.07) is -1.62. The summed E-state index contributed by atoms with van der Waals surface area (Å²) in [6.07, 6.45) is 6.04. The summed E-state index contributed by atoms with van der Waals surface area (Å²) >= 11 is 0. The lowest BCUT2D eigenvalue weighted by Gasteiger charge is -2.41. The second-order valence-electron chi connectivity index (χ2n) is 7.93. The highest BCUT2D eigenvalue weighted by atomic mass is 32.3.